The van der Waals surface area contributed by atoms with Crippen molar-refractivity contribution in [3.8, 4) is 11.4 Å². The minimum absolute atomic E-state index is 0.0148. The summed E-state index contributed by atoms with van der Waals surface area (Å²) in [6.45, 7) is 11.7. The minimum Gasteiger partial charge on any atom is -0.356 e. The number of carbonyl (C=O) groups excluding carboxylic acids is 1. The minimum atomic E-state index is 0.0148. The predicted molar refractivity (Wildman–Crippen MR) is 151 cm³/mol. The number of carbonyl (C=O) groups is 1. The van der Waals surface area contributed by atoms with Crippen LogP contribution in [0.2, 0.25) is 0 Å². The van der Waals surface area contributed by atoms with E-state index in [1.54, 1.807) is 0 Å². The fraction of sp³-hybridized carbons (Fsp3) is 0.500. The van der Waals surface area contributed by atoms with E-state index in [1.807, 2.05) is 11.8 Å². The number of benzene rings is 2. The van der Waals surface area contributed by atoms with Crippen LogP contribution in [0.4, 0.5) is 0 Å². The summed E-state index contributed by atoms with van der Waals surface area (Å²) in [5, 5.41) is 7.35. The molecule has 2 heterocycles. The van der Waals surface area contributed by atoms with Gasteiger partial charge in [0.1, 0.15) is 0 Å². The van der Waals surface area contributed by atoms with Crippen LogP contribution in [0.15, 0.2) is 53.1 Å². The van der Waals surface area contributed by atoms with Crippen molar-refractivity contribution in [3.05, 3.63) is 71.1 Å². The third-order valence-electron chi connectivity index (χ3n) is 6.83. The molecule has 0 saturated carbocycles. The van der Waals surface area contributed by atoms with Crippen molar-refractivity contribution in [1.82, 2.24) is 20.4 Å². The first-order chi connectivity index (χ1) is 17.8. The number of thioether (sulfide) groups is 1. The molecule has 198 valence electrons. The molecule has 7 heteroatoms. The van der Waals surface area contributed by atoms with E-state index in [1.165, 1.54) is 16.7 Å². The molecule has 0 bridgehead atoms. The number of hydrogen-bond donors (Lipinski definition) is 1. The van der Waals surface area contributed by atoms with E-state index in [9.17, 15) is 4.79 Å². The first kappa shape index (κ1) is 27.4. The Hall–Kier alpha value is -2.64. The molecule has 1 unspecified atom stereocenters. The lowest BCUT2D eigenvalue weighted by Crippen LogP contribution is -2.43. The first-order valence-corrected chi connectivity index (χ1v) is 14.5. The smallest absolute Gasteiger partial charge is 0.241 e. The van der Waals surface area contributed by atoms with Gasteiger partial charge in [-0.1, -0.05) is 80.0 Å². The molecule has 1 atom stereocenters. The number of nitrogens with one attached hydrogen (secondary N) is 1. The molecular weight excluding hydrogens is 480 g/mol. The number of amides is 1. The first-order valence-electron chi connectivity index (χ1n) is 13.3. The number of nitrogens with zero attached hydrogens (tertiary/aromatic N) is 3. The summed E-state index contributed by atoms with van der Waals surface area (Å²) in [7, 11) is 0. The highest BCUT2D eigenvalue weighted by atomic mass is 32.2. The Balaban J connectivity index is 1.18. The molecule has 2 aromatic carbocycles. The van der Waals surface area contributed by atoms with Gasteiger partial charge in [-0.3, -0.25) is 9.69 Å². The maximum Gasteiger partial charge on any atom is 0.241 e. The molecule has 1 N–H and O–H groups in total. The van der Waals surface area contributed by atoms with Crippen LogP contribution in [0.1, 0.15) is 62.6 Å². The SMILES string of the molecule is Cc1cccc(CSCCCNC(=O)C2CCCN(Cc3nc(-c4ccc(C(C)(C)C)cc4)no3)C2)c1. The van der Waals surface area contributed by atoms with Crippen molar-refractivity contribution in [2.24, 2.45) is 5.92 Å². The van der Waals surface area contributed by atoms with Gasteiger partial charge in [0.05, 0.1) is 12.5 Å². The Morgan fingerprint density at radius 1 is 1.19 bits per heavy atom. The van der Waals surface area contributed by atoms with Crippen LogP contribution in [0, 0.1) is 12.8 Å². The second kappa shape index (κ2) is 12.7. The lowest BCUT2D eigenvalue weighted by Gasteiger charge is -2.30. The molecule has 1 aromatic heterocycles. The zero-order chi connectivity index (χ0) is 26.3. The Kier molecular flexibility index (Phi) is 9.43. The number of hydrogen-bond acceptors (Lipinski definition) is 6. The van der Waals surface area contributed by atoms with E-state index < -0.39 is 0 Å². The van der Waals surface area contributed by atoms with Gasteiger partial charge < -0.3 is 9.84 Å². The quantitative estimate of drug-likeness (QED) is 0.331. The maximum atomic E-state index is 12.8. The van der Waals surface area contributed by atoms with Gasteiger partial charge in [-0.25, -0.2) is 0 Å². The van der Waals surface area contributed by atoms with Crippen molar-refractivity contribution in [3.63, 3.8) is 0 Å². The number of aromatic nitrogens is 2. The second-order valence-corrected chi connectivity index (χ2v) is 12.2. The van der Waals surface area contributed by atoms with Gasteiger partial charge in [0.15, 0.2) is 0 Å². The van der Waals surface area contributed by atoms with Gasteiger partial charge in [0, 0.05) is 24.4 Å². The van der Waals surface area contributed by atoms with Gasteiger partial charge in [0.25, 0.3) is 0 Å². The molecule has 0 radical (unpaired) electrons. The van der Waals surface area contributed by atoms with Crippen LogP contribution in [0.5, 0.6) is 0 Å². The van der Waals surface area contributed by atoms with Crippen LogP contribution < -0.4 is 5.32 Å². The van der Waals surface area contributed by atoms with Crippen LogP contribution in [0.25, 0.3) is 11.4 Å². The van der Waals surface area contributed by atoms with E-state index in [0.29, 0.717) is 18.3 Å². The molecule has 1 aliphatic heterocycles. The summed E-state index contributed by atoms with van der Waals surface area (Å²) in [4.78, 5) is 19.7. The van der Waals surface area contributed by atoms with Crippen LogP contribution in [-0.4, -0.2) is 46.3 Å². The molecular formula is C30H40N4O2S. The Morgan fingerprint density at radius 2 is 2.00 bits per heavy atom. The van der Waals surface area contributed by atoms with Gasteiger partial charge in [0.2, 0.25) is 17.6 Å². The summed E-state index contributed by atoms with van der Waals surface area (Å²) in [6, 6.07) is 17.0. The summed E-state index contributed by atoms with van der Waals surface area (Å²) in [5.41, 5.74) is 5.01. The molecule has 4 rings (SSSR count). The average Bonchev–Trinajstić information content (AvgIpc) is 3.34. The molecule has 37 heavy (non-hydrogen) atoms. The number of rotatable bonds is 10. The van der Waals surface area contributed by atoms with Crippen molar-refractivity contribution < 1.29 is 9.32 Å². The number of likely N-dealkylation sites (tertiary alicyclic amines) is 1. The Bertz CT molecular complexity index is 1150. The van der Waals surface area contributed by atoms with E-state index in [-0.39, 0.29) is 17.2 Å². The fourth-order valence-electron chi connectivity index (χ4n) is 4.68. The van der Waals surface area contributed by atoms with Gasteiger partial charge in [-0.15, -0.1) is 0 Å². The Labute approximate surface area is 225 Å². The zero-order valence-electron chi connectivity index (χ0n) is 22.6. The maximum absolute atomic E-state index is 12.8. The lowest BCUT2D eigenvalue weighted by atomic mass is 9.87. The van der Waals surface area contributed by atoms with E-state index in [2.05, 4.69) is 96.6 Å². The molecule has 1 saturated heterocycles. The van der Waals surface area contributed by atoms with Crippen molar-refractivity contribution in [2.45, 2.75) is 64.7 Å². The molecule has 1 amide bonds. The third-order valence-corrected chi connectivity index (χ3v) is 7.94. The van der Waals surface area contributed by atoms with E-state index in [0.717, 1.165) is 56.0 Å². The summed E-state index contributed by atoms with van der Waals surface area (Å²) in [5.74, 6) is 3.46. The molecule has 1 fully saturated rings. The van der Waals surface area contributed by atoms with Gasteiger partial charge in [-0.05, 0) is 55.0 Å². The monoisotopic (exact) mass is 520 g/mol. The highest BCUT2D eigenvalue weighted by Crippen LogP contribution is 2.25. The van der Waals surface area contributed by atoms with Crippen LogP contribution in [-0.2, 0) is 22.5 Å². The molecule has 1 aliphatic rings. The highest BCUT2D eigenvalue weighted by Gasteiger charge is 2.26. The van der Waals surface area contributed by atoms with E-state index in [4.69, 9.17) is 4.52 Å². The van der Waals surface area contributed by atoms with Crippen LogP contribution in [0.3, 0.4) is 0 Å². The normalized spacial score (nSPS) is 16.6. The molecule has 0 aliphatic carbocycles. The topological polar surface area (TPSA) is 71.3 Å². The van der Waals surface area contributed by atoms with Crippen molar-refractivity contribution in [2.75, 3.05) is 25.4 Å². The third kappa shape index (κ3) is 8.17. The standard InChI is InChI=1S/C30H40N4O2S/c1-22-8-5-9-23(18-22)21-37-17-7-15-31-29(35)25-10-6-16-34(19-25)20-27-32-28(33-36-27)24-11-13-26(14-12-24)30(2,3)4/h5,8-9,11-14,18,25H,6-7,10,15-17,19-21H2,1-4H3,(H,31,35). The fourth-order valence-corrected chi connectivity index (χ4v) is 5.59. The molecule has 3 aromatic rings. The second-order valence-electron chi connectivity index (χ2n) is 11.1. The van der Waals surface area contributed by atoms with Crippen molar-refractivity contribution >= 4 is 17.7 Å². The van der Waals surface area contributed by atoms with Gasteiger partial charge >= 0.3 is 0 Å². The number of piperidine rings is 1. The molecule has 0 spiro atoms. The summed E-state index contributed by atoms with van der Waals surface area (Å²) < 4.78 is 5.55. The van der Waals surface area contributed by atoms with Crippen molar-refractivity contribution in [1.29, 1.82) is 0 Å². The van der Waals surface area contributed by atoms with Gasteiger partial charge in [-0.2, -0.15) is 16.7 Å². The number of aryl methyl sites for hydroxylation is 1. The largest absolute Gasteiger partial charge is 0.356 e. The Morgan fingerprint density at radius 3 is 2.76 bits per heavy atom. The zero-order valence-corrected chi connectivity index (χ0v) is 23.4. The summed E-state index contributed by atoms with van der Waals surface area (Å²) in [6.07, 6.45) is 2.92. The lowest BCUT2D eigenvalue weighted by molar-refractivity contribution is -0.126. The summed E-state index contributed by atoms with van der Waals surface area (Å²) >= 11 is 1.92. The predicted octanol–water partition coefficient (Wildman–Crippen LogP) is 5.99. The van der Waals surface area contributed by atoms with Crippen LogP contribution >= 0.6 is 11.8 Å². The van der Waals surface area contributed by atoms with E-state index >= 15 is 0 Å². The average molecular weight is 521 g/mol. The highest BCUT2D eigenvalue weighted by molar-refractivity contribution is 7.98. The molecule has 6 nitrogen and oxygen atoms in total.